The van der Waals surface area contributed by atoms with Crippen molar-refractivity contribution in [1.82, 2.24) is 4.68 Å². The van der Waals surface area contributed by atoms with E-state index in [0.29, 0.717) is 19.5 Å². The van der Waals surface area contributed by atoms with Gasteiger partial charge in [0.1, 0.15) is 0 Å². The number of nitrogens with one attached hydrogen (secondary N) is 2. The van der Waals surface area contributed by atoms with E-state index in [-0.39, 0.29) is 5.88 Å². The normalized spacial score (nSPS) is 13.5. The summed E-state index contributed by atoms with van der Waals surface area (Å²) in [6.45, 7) is 0. The van der Waals surface area contributed by atoms with Gasteiger partial charge in [-0.1, -0.05) is 47.2 Å². The molecule has 2 heterocycles. The fourth-order valence-electron chi connectivity index (χ4n) is 2.70. The molecule has 1 aliphatic heterocycles. The highest BCUT2D eigenvalue weighted by atomic mass is 35.5. The maximum Gasteiger partial charge on any atom is 0.338 e. The van der Waals surface area contributed by atoms with E-state index in [1.165, 1.54) is 11.3 Å². The zero-order chi connectivity index (χ0) is 19.7. The van der Waals surface area contributed by atoms with Crippen molar-refractivity contribution in [2.75, 3.05) is 10.7 Å². The van der Waals surface area contributed by atoms with Crippen molar-refractivity contribution in [1.29, 1.82) is 0 Å². The molecule has 2 amide bonds. The molecule has 0 bridgehead atoms. The van der Waals surface area contributed by atoms with Crippen molar-refractivity contribution in [3.05, 3.63) is 67.9 Å². The van der Waals surface area contributed by atoms with Gasteiger partial charge in [0.25, 0.3) is 0 Å². The molecule has 28 heavy (non-hydrogen) atoms. The van der Waals surface area contributed by atoms with Crippen molar-refractivity contribution in [3.8, 4) is 5.88 Å². The molecule has 0 fully saturated rings. The summed E-state index contributed by atoms with van der Waals surface area (Å²) in [6.07, 6.45) is 3.52. The predicted molar refractivity (Wildman–Crippen MR) is 117 cm³/mol. The van der Waals surface area contributed by atoms with Crippen molar-refractivity contribution in [2.24, 2.45) is 4.99 Å². The van der Waals surface area contributed by atoms with E-state index in [4.69, 9.17) is 23.8 Å². The Morgan fingerprint density at radius 2 is 2.07 bits per heavy atom. The quantitative estimate of drug-likeness (QED) is 0.470. The lowest BCUT2D eigenvalue weighted by Gasteiger charge is -2.09. The molecule has 9 heteroatoms. The smallest absolute Gasteiger partial charge is 0.338 e. The number of benzene rings is 2. The molecule has 1 aliphatic rings. The van der Waals surface area contributed by atoms with Gasteiger partial charge in [-0.2, -0.15) is 4.68 Å². The molecule has 6 nitrogen and oxygen atoms in total. The standard InChI is InChI=1S/C19H13ClN4O2S2/c20-12-4-3-5-13(9-12)22-18(26)23-24-17(25)16(28-19(24)27)8-11-10-21-15-7-2-1-6-14(11)15/h1-10,25H,(H2,22,23,26). The van der Waals surface area contributed by atoms with Crippen LogP contribution in [0.5, 0.6) is 5.88 Å². The molecule has 1 aromatic heterocycles. The molecule has 3 aromatic rings. The molecule has 0 saturated heterocycles. The Bertz CT molecular complexity index is 1200. The maximum absolute atomic E-state index is 12.2. The second-order valence-corrected chi connectivity index (χ2v) is 7.95. The number of halogens is 1. The Morgan fingerprint density at radius 3 is 2.89 bits per heavy atom. The summed E-state index contributed by atoms with van der Waals surface area (Å²) >= 11 is 12.4. The van der Waals surface area contributed by atoms with E-state index in [9.17, 15) is 9.90 Å². The van der Waals surface area contributed by atoms with E-state index in [1.807, 2.05) is 24.3 Å². The molecule has 0 spiro atoms. The van der Waals surface area contributed by atoms with Gasteiger partial charge in [-0.05, 0) is 42.6 Å². The van der Waals surface area contributed by atoms with Gasteiger partial charge in [0, 0.05) is 28.1 Å². The zero-order valence-corrected chi connectivity index (χ0v) is 16.6. The van der Waals surface area contributed by atoms with Gasteiger partial charge in [-0.15, -0.1) is 0 Å². The summed E-state index contributed by atoms with van der Waals surface area (Å²) in [6, 6.07) is 13.9. The Balaban J connectivity index is 1.57. The zero-order valence-electron chi connectivity index (χ0n) is 14.2. The van der Waals surface area contributed by atoms with Crippen LogP contribution in [0, 0.1) is 3.95 Å². The monoisotopic (exact) mass is 428 g/mol. The lowest BCUT2D eigenvalue weighted by Crippen LogP contribution is -2.27. The van der Waals surface area contributed by atoms with E-state index >= 15 is 0 Å². The van der Waals surface area contributed by atoms with Crippen LogP contribution in [0.25, 0.3) is 11.6 Å². The van der Waals surface area contributed by atoms with Crippen molar-refractivity contribution < 1.29 is 9.90 Å². The third-order valence-electron chi connectivity index (χ3n) is 3.95. The van der Waals surface area contributed by atoms with Gasteiger partial charge in [-0.25, -0.2) is 10.2 Å². The van der Waals surface area contributed by atoms with Crippen LogP contribution >= 0.6 is 35.2 Å². The average molecular weight is 429 g/mol. The van der Waals surface area contributed by atoms with Gasteiger partial charge in [0.2, 0.25) is 5.88 Å². The fraction of sp³-hybridized carbons (Fsp3) is 0. The maximum atomic E-state index is 12.2. The predicted octanol–water partition coefficient (Wildman–Crippen LogP) is 5.67. The number of aromatic hydroxyl groups is 1. The molecule has 2 aromatic carbocycles. The number of rotatable bonds is 3. The highest BCUT2D eigenvalue weighted by Gasteiger charge is 2.16. The second-order valence-electron chi connectivity index (χ2n) is 5.84. The van der Waals surface area contributed by atoms with E-state index in [2.05, 4.69) is 15.7 Å². The number of urea groups is 1. The Hall–Kier alpha value is -2.94. The minimum atomic E-state index is -0.557. The van der Waals surface area contributed by atoms with Gasteiger partial charge in [0.15, 0.2) is 3.95 Å². The summed E-state index contributed by atoms with van der Waals surface area (Å²) in [5.74, 6) is -0.151. The lowest BCUT2D eigenvalue weighted by molar-refractivity contribution is 0.259. The summed E-state index contributed by atoms with van der Waals surface area (Å²) in [7, 11) is 0. The number of para-hydroxylation sites is 1. The van der Waals surface area contributed by atoms with Crippen LogP contribution in [-0.2, 0) is 0 Å². The number of carbonyl (C=O) groups is 1. The number of amides is 2. The molecule has 4 rings (SSSR count). The molecule has 140 valence electrons. The van der Waals surface area contributed by atoms with Gasteiger partial charge in [-0.3, -0.25) is 4.99 Å². The summed E-state index contributed by atoms with van der Waals surface area (Å²) in [5.41, 5.74) is 5.75. The van der Waals surface area contributed by atoms with Crippen molar-refractivity contribution >= 4 is 70.4 Å². The van der Waals surface area contributed by atoms with E-state index in [0.717, 1.165) is 21.5 Å². The Labute approximate surface area is 174 Å². The number of allylic oxidation sites excluding steroid dienone is 1. The van der Waals surface area contributed by atoms with Gasteiger partial charge >= 0.3 is 6.03 Å². The Morgan fingerprint density at radius 1 is 1.25 bits per heavy atom. The van der Waals surface area contributed by atoms with Crippen LogP contribution in [0.15, 0.2) is 53.5 Å². The van der Waals surface area contributed by atoms with Gasteiger partial charge < -0.3 is 10.4 Å². The van der Waals surface area contributed by atoms with Crippen LogP contribution < -0.4 is 10.7 Å². The number of hydrogen-bond acceptors (Lipinski definition) is 5. The number of carbonyl (C=O) groups excluding carboxylic acids is 1. The van der Waals surface area contributed by atoms with Crippen LogP contribution in [0.2, 0.25) is 5.02 Å². The topological polar surface area (TPSA) is 78.7 Å². The third kappa shape index (κ3) is 3.70. The number of aromatic nitrogens is 1. The summed E-state index contributed by atoms with van der Waals surface area (Å²) in [5, 5.41) is 13.7. The lowest BCUT2D eigenvalue weighted by atomic mass is 10.1. The Kier molecular flexibility index (Phi) is 4.99. The van der Waals surface area contributed by atoms with Crippen LogP contribution in [0.1, 0.15) is 10.4 Å². The first kappa shape index (κ1) is 18.4. The molecular formula is C19H13ClN4O2S2. The molecule has 3 N–H and O–H groups in total. The summed E-state index contributed by atoms with van der Waals surface area (Å²) < 4.78 is 1.46. The van der Waals surface area contributed by atoms with Crippen LogP contribution in [0.4, 0.5) is 16.2 Å². The molecule has 0 aliphatic carbocycles. The van der Waals surface area contributed by atoms with Gasteiger partial charge in [0.05, 0.1) is 10.6 Å². The van der Waals surface area contributed by atoms with E-state index in [1.54, 1.807) is 36.6 Å². The SMILES string of the molecule is O=C(Nc1cccc(Cl)c1)Nn1c(O)c(C=C2C=Nc3ccccc32)sc1=S. The molecule has 0 saturated carbocycles. The van der Waals surface area contributed by atoms with Crippen molar-refractivity contribution in [2.45, 2.75) is 0 Å². The number of fused-ring (bicyclic) bond motifs is 1. The first-order valence-electron chi connectivity index (χ1n) is 8.15. The number of thiazole rings is 1. The largest absolute Gasteiger partial charge is 0.492 e. The summed E-state index contributed by atoms with van der Waals surface area (Å²) in [4.78, 5) is 17.1. The first-order chi connectivity index (χ1) is 13.5. The number of aliphatic imine (C=N–C) groups is 1. The van der Waals surface area contributed by atoms with Crippen LogP contribution in [-0.4, -0.2) is 22.0 Å². The minimum absolute atomic E-state index is 0.151. The second kappa shape index (κ2) is 7.59. The van der Waals surface area contributed by atoms with Crippen molar-refractivity contribution in [3.63, 3.8) is 0 Å². The first-order valence-corrected chi connectivity index (χ1v) is 9.75. The highest BCUT2D eigenvalue weighted by molar-refractivity contribution is 7.73. The highest BCUT2D eigenvalue weighted by Crippen LogP contribution is 2.35. The fourth-order valence-corrected chi connectivity index (χ4v) is 4.07. The average Bonchev–Trinajstić information content (AvgIpc) is 3.18. The molecular weight excluding hydrogens is 416 g/mol. The number of hydrogen-bond donors (Lipinski definition) is 3. The third-order valence-corrected chi connectivity index (χ3v) is 5.50. The molecule has 0 radical (unpaired) electrons. The molecule has 0 atom stereocenters. The number of nitrogens with zero attached hydrogens (tertiary/aromatic N) is 2. The number of anilines is 1. The van der Waals surface area contributed by atoms with E-state index < -0.39 is 6.03 Å². The minimum Gasteiger partial charge on any atom is -0.492 e. The molecule has 0 unspecified atom stereocenters. The van der Waals surface area contributed by atoms with Crippen LogP contribution in [0.3, 0.4) is 0 Å².